The summed E-state index contributed by atoms with van der Waals surface area (Å²) in [5, 5.41) is 3.60. The number of nitrogens with one attached hydrogen (secondary N) is 1. The van der Waals surface area contributed by atoms with Crippen LogP contribution in [0.15, 0.2) is 24.3 Å². The lowest BCUT2D eigenvalue weighted by molar-refractivity contribution is 0.102. The molecule has 1 amide bonds. The molecule has 0 fully saturated rings. The molecule has 1 heterocycles. The lowest BCUT2D eigenvalue weighted by atomic mass is 10.2. The normalized spacial score (nSPS) is 13.4. The number of carbonyl (C=O) groups is 1. The molecule has 1 aromatic carbocycles. The third kappa shape index (κ3) is 2.42. The van der Waals surface area contributed by atoms with Gasteiger partial charge in [0, 0.05) is 14.0 Å². The quantitative estimate of drug-likeness (QED) is 0.823. The molecule has 1 aromatic heterocycles. The first-order chi connectivity index (χ1) is 8.72. The summed E-state index contributed by atoms with van der Waals surface area (Å²) in [7, 11) is 0. The van der Waals surface area contributed by atoms with Crippen molar-refractivity contribution in [3.8, 4) is 0 Å². The van der Waals surface area contributed by atoms with Crippen LogP contribution >= 0.6 is 33.9 Å². The minimum atomic E-state index is -0.0844. The number of halogens is 1. The molecule has 0 atom stereocenters. The fourth-order valence-electron chi connectivity index (χ4n) is 2.01. The number of rotatable bonds is 2. The van der Waals surface area contributed by atoms with Gasteiger partial charge in [-0.2, -0.15) is 0 Å². The molecule has 92 valence electrons. The summed E-state index contributed by atoms with van der Waals surface area (Å²) in [4.78, 5) is 17.8. The van der Waals surface area contributed by atoms with Crippen molar-refractivity contribution in [1.29, 1.82) is 0 Å². The second kappa shape index (κ2) is 4.97. The highest BCUT2D eigenvalue weighted by Crippen LogP contribution is 2.30. The minimum absolute atomic E-state index is 0.0844. The molecule has 0 spiro atoms. The number of anilines is 1. The fraction of sp³-hybridized carbons (Fsp3) is 0.231. The summed E-state index contributed by atoms with van der Waals surface area (Å²) in [6, 6.07) is 7.52. The maximum atomic E-state index is 12.0. The second-order valence-corrected chi connectivity index (χ2v) is 6.53. The standard InChI is InChI=1S/C13H11IN2OS/c14-9-6-4-8(5-7-9)12(17)16-13-15-10-2-1-3-11(10)18-13/h4-7H,1-3H2,(H,15,16,17). The summed E-state index contributed by atoms with van der Waals surface area (Å²) in [5.74, 6) is -0.0844. The Morgan fingerprint density at radius 3 is 2.78 bits per heavy atom. The number of amides is 1. The van der Waals surface area contributed by atoms with E-state index in [-0.39, 0.29) is 5.91 Å². The van der Waals surface area contributed by atoms with Crippen LogP contribution < -0.4 is 5.32 Å². The highest BCUT2D eigenvalue weighted by atomic mass is 127. The third-order valence-electron chi connectivity index (χ3n) is 2.92. The third-order valence-corrected chi connectivity index (χ3v) is 4.71. The van der Waals surface area contributed by atoms with Crippen LogP contribution in [-0.2, 0) is 12.8 Å². The number of nitrogens with zero attached hydrogens (tertiary/aromatic N) is 1. The largest absolute Gasteiger partial charge is 0.298 e. The molecule has 18 heavy (non-hydrogen) atoms. The number of aryl methyl sites for hydroxylation is 2. The molecule has 0 radical (unpaired) electrons. The molecular formula is C13H11IN2OS. The Kier molecular flexibility index (Phi) is 3.34. The number of thiazole rings is 1. The van der Waals surface area contributed by atoms with Gasteiger partial charge in [0.05, 0.1) is 5.69 Å². The highest BCUT2D eigenvalue weighted by Gasteiger charge is 2.18. The molecule has 0 bridgehead atoms. The molecule has 1 N–H and O–H groups in total. The van der Waals surface area contributed by atoms with Gasteiger partial charge in [-0.1, -0.05) is 0 Å². The van der Waals surface area contributed by atoms with Crippen molar-refractivity contribution in [3.63, 3.8) is 0 Å². The van der Waals surface area contributed by atoms with Gasteiger partial charge in [-0.05, 0) is 66.1 Å². The van der Waals surface area contributed by atoms with Crippen LogP contribution in [0.25, 0.3) is 0 Å². The van der Waals surface area contributed by atoms with Crippen LogP contribution in [0, 0.1) is 3.57 Å². The first-order valence-corrected chi connectivity index (χ1v) is 7.67. The predicted molar refractivity (Wildman–Crippen MR) is 81.3 cm³/mol. The van der Waals surface area contributed by atoms with E-state index >= 15 is 0 Å². The first kappa shape index (κ1) is 12.1. The van der Waals surface area contributed by atoms with Gasteiger partial charge in [0.2, 0.25) is 0 Å². The van der Waals surface area contributed by atoms with E-state index in [0.29, 0.717) is 5.56 Å². The van der Waals surface area contributed by atoms with Gasteiger partial charge in [0.15, 0.2) is 5.13 Å². The van der Waals surface area contributed by atoms with Crippen molar-refractivity contribution in [2.24, 2.45) is 0 Å². The van der Waals surface area contributed by atoms with Crippen molar-refractivity contribution >= 4 is 45.0 Å². The SMILES string of the molecule is O=C(Nc1nc2c(s1)CCC2)c1ccc(I)cc1. The van der Waals surface area contributed by atoms with Gasteiger partial charge in [0.1, 0.15) is 0 Å². The second-order valence-electron chi connectivity index (χ2n) is 4.20. The van der Waals surface area contributed by atoms with E-state index in [2.05, 4.69) is 32.9 Å². The lowest BCUT2D eigenvalue weighted by Gasteiger charge is -2.01. The van der Waals surface area contributed by atoms with Crippen molar-refractivity contribution < 1.29 is 4.79 Å². The summed E-state index contributed by atoms with van der Waals surface area (Å²) in [5.41, 5.74) is 1.84. The molecule has 0 saturated carbocycles. The molecule has 1 aliphatic carbocycles. The van der Waals surface area contributed by atoms with Gasteiger partial charge in [-0.25, -0.2) is 4.98 Å². The van der Waals surface area contributed by atoms with E-state index in [1.165, 1.54) is 11.3 Å². The van der Waals surface area contributed by atoms with E-state index in [9.17, 15) is 4.79 Å². The molecule has 3 rings (SSSR count). The lowest BCUT2D eigenvalue weighted by Crippen LogP contribution is -2.11. The van der Waals surface area contributed by atoms with E-state index in [0.717, 1.165) is 27.2 Å². The zero-order valence-electron chi connectivity index (χ0n) is 9.57. The average molecular weight is 370 g/mol. The van der Waals surface area contributed by atoms with Crippen LogP contribution in [0.5, 0.6) is 0 Å². The Morgan fingerprint density at radius 1 is 1.28 bits per heavy atom. The topological polar surface area (TPSA) is 42.0 Å². The Balaban J connectivity index is 1.75. The Morgan fingerprint density at radius 2 is 2.06 bits per heavy atom. The first-order valence-electron chi connectivity index (χ1n) is 5.78. The van der Waals surface area contributed by atoms with Gasteiger partial charge in [-0.3, -0.25) is 10.1 Å². The van der Waals surface area contributed by atoms with E-state index < -0.39 is 0 Å². The van der Waals surface area contributed by atoms with Crippen molar-refractivity contribution in [3.05, 3.63) is 44.0 Å². The number of benzene rings is 1. The number of carbonyl (C=O) groups excluding carboxylic acids is 1. The van der Waals surface area contributed by atoms with Crippen LogP contribution in [0.3, 0.4) is 0 Å². The zero-order chi connectivity index (χ0) is 12.5. The molecule has 5 heteroatoms. The summed E-state index contributed by atoms with van der Waals surface area (Å²) in [6.07, 6.45) is 3.34. The smallest absolute Gasteiger partial charge is 0.257 e. The molecule has 2 aromatic rings. The molecular weight excluding hydrogens is 359 g/mol. The number of aromatic nitrogens is 1. The Labute approximate surface area is 123 Å². The van der Waals surface area contributed by atoms with Crippen LogP contribution in [-0.4, -0.2) is 10.9 Å². The van der Waals surface area contributed by atoms with Gasteiger partial charge in [-0.15, -0.1) is 11.3 Å². The minimum Gasteiger partial charge on any atom is -0.298 e. The van der Waals surface area contributed by atoms with Gasteiger partial charge >= 0.3 is 0 Å². The molecule has 3 nitrogen and oxygen atoms in total. The molecule has 0 unspecified atom stereocenters. The highest BCUT2D eigenvalue weighted by molar-refractivity contribution is 14.1. The van der Waals surface area contributed by atoms with Crippen molar-refractivity contribution in [2.75, 3.05) is 5.32 Å². The average Bonchev–Trinajstić information content (AvgIpc) is 2.90. The summed E-state index contributed by atoms with van der Waals surface area (Å²) in [6.45, 7) is 0. The molecule has 1 aliphatic rings. The zero-order valence-corrected chi connectivity index (χ0v) is 12.5. The molecule has 0 saturated heterocycles. The van der Waals surface area contributed by atoms with Gasteiger partial charge < -0.3 is 0 Å². The maximum Gasteiger partial charge on any atom is 0.257 e. The van der Waals surface area contributed by atoms with E-state index in [4.69, 9.17) is 0 Å². The molecule has 0 aliphatic heterocycles. The van der Waals surface area contributed by atoms with Gasteiger partial charge in [0.25, 0.3) is 5.91 Å². The van der Waals surface area contributed by atoms with Crippen LogP contribution in [0.4, 0.5) is 5.13 Å². The number of hydrogen-bond donors (Lipinski definition) is 1. The van der Waals surface area contributed by atoms with Crippen molar-refractivity contribution in [2.45, 2.75) is 19.3 Å². The Bertz CT molecular complexity index is 570. The van der Waals surface area contributed by atoms with Crippen LogP contribution in [0.2, 0.25) is 0 Å². The Hall–Kier alpha value is -0.950. The summed E-state index contributed by atoms with van der Waals surface area (Å²) >= 11 is 3.83. The fourth-order valence-corrected chi connectivity index (χ4v) is 3.42. The van der Waals surface area contributed by atoms with E-state index in [1.54, 1.807) is 11.3 Å². The monoisotopic (exact) mass is 370 g/mol. The number of fused-ring (bicyclic) bond motifs is 1. The predicted octanol–water partition coefficient (Wildman–Crippen LogP) is 3.49. The number of hydrogen-bond acceptors (Lipinski definition) is 3. The van der Waals surface area contributed by atoms with E-state index in [1.807, 2.05) is 24.3 Å². The maximum absolute atomic E-state index is 12.0. The summed E-state index contributed by atoms with van der Waals surface area (Å²) < 4.78 is 1.12. The van der Waals surface area contributed by atoms with Crippen LogP contribution in [0.1, 0.15) is 27.3 Å². The van der Waals surface area contributed by atoms with Crippen molar-refractivity contribution in [1.82, 2.24) is 4.98 Å².